The molecule has 0 heterocycles. The van der Waals surface area contributed by atoms with Gasteiger partial charge in [0, 0.05) is 12.5 Å². The van der Waals surface area contributed by atoms with Crippen molar-refractivity contribution >= 4 is 44.1 Å². The van der Waals surface area contributed by atoms with Crippen LogP contribution in [0, 0.1) is 0 Å². The molecule has 0 fully saturated rings. The van der Waals surface area contributed by atoms with Gasteiger partial charge in [0.1, 0.15) is 0 Å². The van der Waals surface area contributed by atoms with E-state index in [1.54, 1.807) is 0 Å². The van der Waals surface area contributed by atoms with E-state index < -0.39 is 20.2 Å². The van der Waals surface area contributed by atoms with E-state index in [0.717, 1.165) is 0 Å². The second kappa shape index (κ2) is 6.17. The third-order valence-corrected chi connectivity index (χ3v) is 0. The van der Waals surface area contributed by atoms with Gasteiger partial charge in [0.15, 0.2) is 0 Å². The standard InChI is InChI=1S/2CH4O3S.Sn.2H/c2*1-5(2,3)4;;;/h2*1H3,(H,2,3,4);;;/q;;+2;;/p-2. The van der Waals surface area contributed by atoms with Crippen LogP contribution in [-0.4, -0.2) is 62.4 Å². The molecule has 11 heavy (non-hydrogen) atoms. The van der Waals surface area contributed by atoms with Crippen molar-refractivity contribution in [1.82, 2.24) is 0 Å². The maximum absolute atomic E-state index is 9.08. The van der Waals surface area contributed by atoms with E-state index in [4.69, 9.17) is 25.9 Å². The zero-order valence-corrected chi connectivity index (χ0v) is 11.6. The van der Waals surface area contributed by atoms with Gasteiger partial charge in [-0.2, -0.15) is 0 Å². The predicted octanol–water partition coefficient (Wildman–Crippen LogP) is -2.59. The molecule has 6 nitrogen and oxygen atoms in total. The van der Waals surface area contributed by atoms with Crippen LogP contribution in [0.25, 0.3) is 0 Å². The van der Waals surface area contributed by atoms with Gasteiger partial charge in [0.25, 0.3) is 0 Å². The van der Waals surface area contributed by atoms with Gasteiger partial charge in [-0.1, -0.05) is 0 Å². The van der Waals surface area contributed by atoms with Crippen molar-refractivity contribution in [1.29, 1.82) is 0 Å². The zero-order chi connectivity index (χ0) is 9.00. The summed E-state index contributed by atoms with van der Waals surface area (Å²) >= 11 is 0. The number of rotatable bonds is 0. The first kappa shape index (κ1) is 17.6. The van der Waals surface area contributed by atoms with Gasteiger partial charge in [-0.15, -0.1) is 0 Å². The van der Waals surface area contributed by atoms with Crippen LogP contribution in [0.2, 0.25) is 0 Å². The molecule has 0 bridgehead atoms. The molecule has 0 aliphatic rings. The average molecular weight is 311 g/mol. The van der Waals surface area contributed by atoms with Gasteiger partial charge >= 0.3 is 23.9 Å². The Morgan fingerprint density at radius 1 is 0.818 bits per heavy atom. The minimum absolute atomic E-state index is 0. The number of hydrogen-bond donors (Lipinski definition) is 0. The topological polar surface area (TPSA) is 114 Å². The minimum atomic E-state index is -3.92. The fraction of sp³-hybridized carbons (Fsp3) is 1.00. The molecule has 0 saturated carbocycles. The van der Waals surface area contributed by atoms with Gasteiger partial charge in [0.2, 0.25) is 0 Å². The predicted molar refractivity (Wildman–Crippen MR) is 39.8 cm³/mol. The average Bonchev–Trinajstić information content (AvgIpc) is 1.12. The summed E-state index contributed by atoms with van der Waals surface area (Å²) in [7, 11) is -7.83. The van der Waals surface area contributed by atoms with Crippen LogP contribution in [0.1, 0.15) is 0 Å². The Kier molecular flexibility index (Phi) is 9.89. The summed E-state index contributed by atoms with van der Waals surface area (Å²) in [6, 6.07) is 0. The van der Waals surface area contributed by atoms with Crippen molar-refractivity contribution in [3.63, 3.8) is 0 Å². The quantitative estimate of drug-likeness (QED) is 0.358. The molecule has 0 unspecified atom stereocenters. The Balaban J connectivity index is -0.000000107. The van der Waals surface area contributed by atoms with Crippen molar-refractivity contribution < 1.29 is 25.9 Å². The molecule has 0 aliphatic heterocycles. The maximum atomic E-state index is 9.08. The molecule has 9 heteroatoms. The van der Waals surface area contributed by atoms with Crippen LogP contribution in [0.4, 0.5) is 0 Å². The number of hydrogen-bond acceptors (Lipinski definition) is 6. The van der Waals surface area contributed by atoms with Crippen LogP contribution in [-0.2, 0) is 20.2 Å². The third kappa shape index (κ3) is 2060. The molecule has 0 spiro atoms. The molecule has 0 rings (SSSR count). The molecule has 0 aromatic carbocycles. The van der Waals surface area contributed by atoms with Crippen LogP contribution in [0.3, 0.4) is 0 Å². The van der Waals surface area contributed by atoms with Crippen molar-refractivity contribution in [3.05, 3.63) is 0 Å². The monoisotopic (exact) mass is 312 g/mol. The van der Waals surface area contributed by atoms with Crippen LogP contribution < -0.4 is 0 Å². The first-order chi connectivity index (χ1) is 4.00. The van der Waals surface area contributed by atoms with Gasteiger partial charge in [-0.25, -0.2) is 16.8 Å². The first-order valence-electron chi connectivity index (χ1n) is 1.82. The van der Waals surface area contributed by atoms with Gasteiger partial charge in [0.05, 0.1) is 20.2 Å². The molecular formula is C2H8O6S2Sn. The molecule has 0 atom stereocenters. The van der Waals surface area contributed by atoms with Crippen LogP contribution in [0.5, 0.6) is 0 Å². The second-order valence-corrected chi connectivity index (χ2v) is 4.22. The summed E-state index contributed by atoms with van der Waals surface area (Å²) in [5.41, 5.74) is 0. The molecule has 0 aromatic rings. The van der Waals surface area contributed by atoms with Crippen molar-refractivity contribution in [2.24, 2.45) is 0 Å². The summed E-state index contributed by atoms with van der Waals surface area (Å²) in [5, 5.41) is 0. The normalized spacial score (nSPS) is 10.5. The zero-order valence-electron chi connectivity index (χ0n) is 5.97. The van der Waals surface area contributed by atoms with Gasteiger partial charge < -0.3 is 9.11 Å². The third-order valence-electron chi connectivity index (χ3n) is 0. The fourth-order valence-electron chi connectivity index (χ4n) is 0. The second-order valence-electron chi connectivity index (χ2n) is 1.41. The Bertz CT molecular complexity index is 215. The molecule has 0 saturated heterocycles. The summed E-state index contributed by atoms with van der Waals surface area (Å²) in [5.74, 6) is 0. The van der Waals surface area contributed by atoms with Gasteiger partial charge in [-0.05, 0) is 0 Å². The fourth-order valence-corrected chi connectivity index (χ4v) is 0. The molecule has 0 amide bonds. The SMILES string of the molecule is CS(=O)(=O)[O-].CS(=O)(=O)[O-].[SnH2+2]. The summed E-state index contributed by atoms with van der Waals surface area (Å²) < 4.78 is 54.5. The Labute approximate surface area is 82.4 Å². The van der Waals surface area contributed by atoms with E-state index in [2.05, 4.69) is 0 Å². The summed E-state index contributed by atoms with van der Waals surface area (Å²) in [4.78, 5) is 0. The first-order valence-corrected chi connectivity index (χ1v) is 5.45. The summed E-state index contributed by atoms with van der Waals surface area (Å²) in [6.07, 6.45) is 1.21. The molecule has 0 aliphatic carbocycles. The van der Waals surface area contributed by atoms with E-state index in [0.29, 0.717) is 12.5 Å². The molecule has 0 N–H and O–H groups in total. The van der Waals surface area contributed by atoms with E-state index in [1.807, 2.05) is 0 Å². The van der Waals surface area contributed by atoms with E-state index in [9.17, 15) is 0 Å². The Morgan fingerprint density at radius 3 is 0.818 bits per heavy atom. The Hall–Kier alpha value is 0.619. The van der Waals surface area contributed by atoms with E-state index in [1.165, 1.54) is 0 Å². The van der Waals surface area contributed by atoms with Crippen LogP contribution in [0.15, 0.2) is 0 Å². The van der Waals surface area contributed by atoms with E-state index >= 15 is 0 Å². The molecule has 0 radical (unpaired) electrons. The Morgan fingerprint density at radius 2 is 0.818 bits per heavy atom. The summed E-state index contributed by atoms with van der Waals surface area (Å²) in [6.45, 7) is 0. The van der Waals surface area contributed by atoms with Crippen LogP contribution >= 0.6 is 0 Å². The molecule has 0 aromatic heterocycles. The van der Waals surface area contributed by atoms with E-state index in [-0.39, 0.29) is 23.9 Å². The molecule has 68 valence electrons. The van der Waals surface area contributed by atoms with Gasteiger partial charge in [-0.3, -0.25) is 0 Å². The molecular weight excluding hydrogens is 303 g/mol. The van der Waals surface area contributed by atoms with Crippen molar-refractivity contribution in [3.8, 4) is 0 Å². The van der Waals surface area contributed by atoms with Crippen molar-refractivity contribution in [2.45, 2.75) is 0 Å². The van der Waals surface area contributed by atoms with Crippen molar-refractivity contribution in [2.75, 3.05) is 12.5 Å².